The fraction of sp³-hybridized carbons (Fsp3) is 0.235. The van der Waals surface area contributed by atoms with Gasteiger partial charge in [0.2, 0.25) is 0 Å². The Morgan fingerprint density at radius 1 is 1.17 bits per heavy atom. The molecule has 0 aliphatic rings. The third kappa shape index (κ3) is 4.64. The van der Waals surface area contributed by atoms with Crippen LogP contribution in [-0.2, 0) is 6.18 Å². The molecule has 7 heteroatoms. The molecule has 0 heterocycles. The fourth-order valence-electron chi connectivity index (χ4n) is 1.97. The lowest BCUT2D eigenvalue weighted by atomic mass is 10.1. The molecule has 0 aromatic heterocycles. The highest BCUT2D eigenvalue weighted by Crippen LogP contribution is 2.33. The summed E-state index contributed by atoms with van der Waals surface area (Å²) in [6.07, 6.45) is -4.54. The summed E-state index contributed by atoms with van der Waals surface area (Å²) < 4.78 is 43.3. The predicted molar refractivity (Wildman–Crippen MR) is 86.6 cm³/mol. The number of ether oxygens (including phenoxy) is 1. The second kappa shape index (κ2) is 7.13. The van der Waals surface area contributed by atoms with Gasteiger partial charge in [-0.15, -0.1) is 0 Å². The molecule has 0 bridgehead atoms. The minimum absolute atomic E-state index is 0.0485. The van der Waals surface area contributed by atoms with Crippen LogP contribution in [0.2, 0.25) is 5.02 Å². The van der Waals surface area contributed by atoms with Crippen molar-refractivity contribution in [3.8, 4) is 5.75 Å². The summed E-state index contributed by atoms with van der Waals surface area (Å²) in [6, 6.07) is 9.24. The summed E-state index contributed by atoms with van der Waals surface area (Å²) in [5.74, 6) is 0.0297. The van der Waals surface area contributed by atoms with Gasteiger partial charge >= 0.3 is 6.18 Å². The molecule has 128 valence electrons. The molecule has 1 amide bonds. The van der Waals surface area contributed by atoms with Crippen molar-refractivity contribution in [2.45, 2.75) is 26.1 Å². The minimum Gasteiger partial charge on any atom is -0.491 e. The van der Waals surface area contributed by atoms with Crippen molar-refractivity contribution in [3.05, 3.63) is 58.6 Å². The molecular formula is C17H15ClF3NO2. The molecule has 0 aliphatic carbocycles. The SMILES string of the molecule is CC(C)Oc1cccc(C(=O)Nc2ccc(C(F)(F)F)cc2Cl)c1. The molecule has 2 aromatic rings. The lowest BCUT2D eigenvalue weighted by Crippen LogP contribution is -2.13. The van der Waals surface area contributed by atoms with Crippen LogP contribution in [0.3, 0.4) is 0 Å². The van der Waals surface area contributed by atoms with Crippen molar-refractivity contribution in [2.24, 2.45) is 0 Å². The van der Waals surface area contributed by atoms with Gasteiger partial charge in [0.25, 0.3) is 5.91 Å². The second-order valence-electron chi connectivity index (χ2n) is 5.34. The van der Waals surface area contributed by atoms with Crippen LogP contribution in [0.25, 0.3) is 0 Å². The second-order valence-corrected chi connectivity index (χ2v) is 5.75. The number of nitrogens with one attached hydrogen (secondary N) is 1. The third-order valence-corrected chi connectivity index (χ3v) is 3.33. The highest BCUT2D eigenvalue weighted by Gasteiger charge is 2.31. The van der Waals surface area contributed by atoms with E-state index >= 15 is 0 Å². The van der Waals surface area contributed by atoms with E-state index in [0.29, 0.717) is 11.3 Å². The predicted octanol–water partition coefficient (Wildman–Crippen LogP) is 5.40. The number of hydrogen-bond acceptors (Lipinski definition) is 2. The Kier molecular flexibility index (Phi) is 5.39. The van der Waals surface area contributed by atoms with Crippen molar-refractivity contribution in [3.63, 3.8) is 0 Å². The molecule has 0 aliphatic heterocycles. The number of rotatable bonds is 4. The fourth-order valence-corrected chi connectivity index (χ4v) is 2.20. The zero-order valence-corrected chi connectivity index (χ0v) is 13.7. The molecule has 0 saturated heterocycles. The van der Waals surface area contributed by atoms with E-state index in [2.05, 4.69) is 5.32 Å². The molecule has 2 aromatic carbocycles. The summed E-state index contributed by atoms with van der Waals surface area (Å²) in [4.78, 5) is 12.2. The number of halogens is 4. The van der Waals surface area contributed by atoms with E-state index in [4.69, 9.17) is 16.3 Å². The average Bonchev–Trinajstić information content (AvgIpc) is 2.47. The van der Waals surface area contributed by atoms with Crippen molar-refractivity contribution in [1.82, 2.24) is 0 Å². The van der Waals surface area contributed by atoms with Crippen LogP contribution in [-0.4, -0.2) is 12.0 Å². The van der Waals surface area contributed by atoms with E-state index in [1.54, 1.807) is 24.3 Å². The molecule has 0 spiro atoms. The van der Waals surface area contributed by atoms with Crippen molar-refractivity contribution < 1.29 is 22.7 Å². The first kappa shape index (κ1) is 18.1. The van der Waals surface area contributed by atoms with Crippen LogP contribution in [0, 0.1) is 0 Å². The third-order valence-electron chi connectivity index (χ3n) is 3.01. The molecule has 0 radical (unpaired) electrons. The smallest absolute Gasteiger partial charge is 0.416 e. The van der Waals surface area contributed by atoms with Crippen LogP contribution in [0.15, 0.2) is 42.5 Å². The van der Waals surface area contributed by atoms with Crippen LogP contribution in [0.4, 0.5) is 18.9 Å². The van der Waals surface area contributed by atoms with Crippen LogP contribution >= 0.6 is 11.6 Å². The van der Waals surface area contributed by atoms with Gasteiger partial charge in [0.1, 0.15) is 5.75 Å². The maximum Gasteiger partial charge on any atom is 0.416 e. The Hall–Kier alpha value is -2.21. The number of alkyl halides is 3. The Morgan fingerprint density at radius 3 is 2.46 bits per heavy atom. The average molecular weight is 358 g/mol. The lowest BCUT2D eigenvalue weighted by Gasteiger charge is -2.12. The van der Waals surface area contributed by atoms with E-state index in [9.17, 15) is 18.0 Å². The molecule has 0 unspecified atom stereocenters. The Labute approximate surface area is 142 Å². The highest BCUT2D eigenvalue weighted by molar-refractivity contribution is 6.34. The van der Waals surface area contributed by atoms with E-state index < -0.39 is 17.6 Å². The van der Waals surface area contributed by atoms with E-state index in [0.717, 1.165) is 18.2 Å². The largest absolute Gasteiger partial charge is 0.491 e. The van der Waals surface area contributed by atoms with Gasteiger partial charge in [-0.2, -0.15) is 13.2 Å². The topological polar surface area (TPSA) is 38.3 Å². The molecule has 24 heavy (non-hydrogen) atoms. The van der Waals surface area contributed by atoms with E-state index in [-0.39, 0.29) is 16.8 Å². The van der Waals surface area contributed by atoms with Gasteiger partial charge < -0.3 is 10.1 Å². The van der Waals surface area contributed by atoms with Gasteiger partial charge in [0, 0.05) is 5.56 Å². The summed E-state index contributed by atoms with van der Waals surface area (Å²) in [5, 5.41) is 2.30. The molecule has 2 rings (SSSR count). The monoisotopic (exact) mass is 357 g/mol. The standard InChI is InChI=1S/C17H15ClF3NO2/c1-10(2)24-13-5-3-4-11(8-13)16(23)22-15-7-6-12(9-14(15)18)17(19,20)21/h3-10H,1-2H3,(H,22,23). The first-order valence-corrected chi connectivity index (χ1v) is 7.49. The Balaban J connectivity index is 2.18. The highest BCUT2D eigenvalue weighted by atomic mass is 35.5. The quantitative estimate of drug-likeness (QED) is 0.795. The van der Waals surface area contributed by atoms with Crippen LogP contribution in [0.5, 0.6) is 5.75 Å². The minimum atomic E-state index is -4.49. The summed E-state index contributed by atoms with van der Waals surface area (Å²) in [5.41, 5.74) is -0.466. The van der Waals surface area contributed by atoms with Crippen LogP contribution in [0.1, 0.15) is 29.8 Å². The number of benzene rings is 2. The maximum atomic E-state index is 12.6. The molecule has 0 atom stereocenters. The number of hydrogen-bond donors (Lipinski definition) is 1. The van der Waals surface area contributed by atoms with Gasteiger partial charge in [-0.25, -0.2) is 0 Å². The Bertz CT molecular complexity index is 745. The molecule has 3 nitrogen and oxygen atoms in total. The molecule has 1 N–H and O–H groups in total. The molecule has 0 fully saturated rings. The zero-order valence-electron chi connectivity index (χ0n) is 12.9. The van der Waals surface area contributed by atoms with E-state index in [1.807, 2.05) is 13.8 Å². The molecular weight excluding hydrogens is 343 g/mol. The molecule has 0 saturated carbocycles. The first-order valence-electron chi connectivity index (χ1n) is 7.11. The number of anilines is 1. The number of carbonyl (C=O) groups is 1. The maximum absolute atomic E-state index is 12.6. The summed E-state index contributed by atoms with van der Waals surface area (Å²) >= 11 is 5.83. The summed E-state index contributed by atoms with van der Waals surface area (Å²) in [7, 11) is 0. The van der Waals surface area contributed by atoms with Crippen molar-refractivity contribution in [1.29, 1.82) is 0 Å². The van der Waals surface area contributed by atoms with E-state index in [1.165, 1.54) is 0 Å². The van der Waals surface area contributed by atoms with Gasteiger partial charge in [0.05, 0.1) is 22.4 Å². The normalized spacial score (nSPS) is 11.5. The lowest BCUT2D eigenvalue weighted by molar-refractivity contribution is -0.137. The number of carbonyl (C=O) groups excluding carboxylic acids is 1. The van der Waals surface area contributed by atoms with Crippen molar-refractivity contribution in [2.75, 3.05) is 5.32 Å². The number of amides is 1. The van der Waals surface area contributed by atoms with Gasteiger partial charge in [-0.3, -0.25) is 4.79 Å². The zero-order chi connectivity index (χ0) is 17.9. The Morgan fingerprint density at radius 2 is 1.88 bits per heavy atom. The summed E-state index contributed by atoms with van der Waals surface area (Å²) in [6.45, 7) is 3.71. The van der Waals surface area contributed by atoms with Gasteiger partial charge in [-0.1, -0.05) is 17.7 Å². The first-order chi connectivity index (χ1) is 11.2. The van der Waals surface area contributed by atoms with Gasteiger partial charge in [0.15, 0.2) is 0 Å². The van der Waals surface area contributed by atoms with Crippen molar-refractivity contribution >= 4 is 23.2 Å². The van der Waals surface area contributed by atoms with Crippen LogP contribution < -0.4 is 10.1 Å². The van der Waals surface area contributed by atoms with Gasteiger partial charge in [-0.05, 0) is 50.2 Å².